The average molecular weight is 220 g/mol. The van der Waals surface area contributed by atoms with E-state index in [-0.39, 0.29) is 6.03 Å². The molecule has 1 aliphatic carbocycles. The molecule has 0 unspecified atom stereocenters. The Morgan fingerprint density at radius 2 is 2.00 bits per heavy atom. The summed E-state index contributed by atoms with van der Waals surface area (Å²) in [6.45, 7) is 0.325. The molecule has 0 spiro atoms. The maximum Gasteiger partial charge on any atom is 0.319 e. The first-order chi connectivity index (χ1) is 7.68. The first-order valence-corrected chi connectivity index (χ1v) is 5.50. The van der Waals surface area contributed by atoms with Crippen LogP contribution in [0.25, 0.3) is 0 Å². The van der Waals surface area contributed by atoms with Gasteiger partial charge in [-0.15, -0.1) is 0 Å². The molecule has 1 fully saturated rings. The number of para-hydroxylation sites is 1. The molecule has 0 aromatic heterocycles. The zero-order valence-electron chi connectivity index (χ0n) is 9.07. The van der Waals surface area contributed by atoms with Crippen molar-refractivity contribution < 1.29 is 9.90 Å². The molecule has 1 saturated carbocycles. The van der Waals surface area contributed by atoms with Gasteiger partial charge < -0.3 is 15.7 Å². The van der Waals surface area contributed by atoms with Crippen molar-refractivity contribution >= 4 is 11.7 Å². The van der Waals surface area contributed by atoms with Crippen molar-refractivity contribution in [3.8, 4) is 0 Å². The van der Waals surface area contributed by atoms with E-state index in [4.69, 9.17) is 0 Å². The largest absolute Gasteiger partial charge is 0.388 e. The van der Waals surface area contributed by atoms with Crippen molar-refractivity contribution in [3.05, 3.63) is 30.3 Å². The van der Waals surface area contributed by atoms with E-state index < -0.39 is 5.60 Å². The summed E-state index contributed by atoms with van der Waals surface area (Å²) in [4.78, 5) is 11.5. The smallest absolute Gasteiger partial charge is 0.319 e. The summed E-state index contributed by atoms with van der Waals surface area (Å²) < 4.78 is 0. The number of aliphatic hydroxyl groups is 1. The van der Waals surface area contributed by atoms with Gasteiger partial charge in [0.15, 0.2) is 0 Å². The zero-order chi connectivity index (χ0) is 11.4. The number of carbonyl (C=O) groups is 1. The zero-order valence-corrected chi connectivity index (χ0v) is 9.07. The molecule has 0 aliphatic heterocycles. The molecule has 1 aromatic carbocycles. The molecule has 1 aliphatic rings. The van der Waals surface area contributed by atoms with E-state index in [0.717, 1.165) is 24.9 Å². The molecule has 2 rings (SSSR count). The Balaban J connectivity index is 1.76. The second-order valence-corrected chi connectivity index (χ2v) is 4.25. The van der Waals surface area contributed by atoms with Crippen LogP contribution in [0, 0.1) is 0 Å². The number of nitrogens with one attached hydrogen (secondary N) is 2. The van der Waals surface area contributed by atoms with Gasteiger partial charge in [0.05, 0.1) is 5.60 Å². The fourth-order valence-electron chi connectivity index (χ4n) is 1.70. The van der Waals surface area contributed by atoms with Crippen LogP contribution in [0.4, 0.5) is 10.5 Å². The van der Waals surface area contributed by atoms with Crippen molar-refractivity contribution in [1.29, 1.82) is 0 Å². The summed E-state index contributed by atoms with van der Waals surface area (Å²) in [7, 11) is 0. The highest BCUT2D eigenvalue weighted by Crippen LogP contribution is 2.30. The number of amides is 2. The van der Waals surface area contributed by atoms with Gasteiger partial charge in [-0.3, -0.25) is 0 Å². The molecule has 4 nitrogen and oxygen atoms in total. The van der Waals surface area contributed by atoms with Crippen LogP contribution in [0.1, 0.15) is 19.3 Å². The van der Waals surface area contributed by atoms with E-state index in [1.807, 2.05) is 30.3 Å². The third kappa shape index (κ3) is 2.73. The average Bonchev–Trinajstić information content (AvgIpc) is 2.25. The van der Waals surface area contributed by atoms with Crippen LogP contribution in [-0.2, 0) is 0 Å². The maximum absolute atomic E-state index is 11.5. The molecule has 86 valence electrons. The van der Waals surface area contributed by atoms with Gasteiger partial charge in [-0.2, -0.15) is 0 Å². The maximum atomic E-state index is 11.5. The summed E-state index contributed by atoms with van der Waals surface area (Å²) in [5.74, 6) is 0. The number of hydrogen-bond donors (Lipinski definition) is 3. The minimum atomic E-state index is -0.673. The van der Waals surface area contributed by atoms with E-state index in [0.29, 0.717) is 6.54 Å². The molecule has 0 saturated heterocycles. The van der Waals surface area contributed by atoms with Crippen molar-refractivity contribution in [2.75, 3.05) is 11.9 Å². The van der Waals surface area contributed by atoms with Gasteiger partial charge in [0.25, 0.3) is 0 Å². The summed E-state index contributed by atoms with van der Waals surface area (Å²) >= 11 is 0. The van der Waals surface area contributed by atoms with Crippen molar-refractivity contribution in [2.24, 2.45) is 0 Å². The van der Waals surface area contributed by atoms with Gasteiger partial charge in [0.2, 0.25) is 0 Å². The van der Waals surface area contributed by atoms with Gasteiger partial charge in [0.1, 0.15) is 0 Å². The fraction of sp³-hybridized carbons (Fsp3) is 0.417. The SMILES string of the molecule is O=C(NCC1(O)CCC1)Nc1ccccc1. The monoisotopic (exact) mass is 220 g/mol. The lowest BCUT2D eigenvalue weighted by molar-refractivity contribution is -0.0287. The molecule has 0 atom stereocenters. The van der Waals surface area contributed by atoms with E-state index in [1.54, 1.807) is 0 Å². The molecule has 3 N–H and O–H groups in total. The number of rotatable bonds is 3. The highest BCUT2D eigenvalue weighted by molar-refractivity contribution is 5.89. The minimum Gasteiger partial charge on any atom is -0.388 e. The predicted octanol–water partition coefficient (Wildman–Crippen LogP) is 1.72. The standard InChI is InChI=1S/C12H16N2O2/c15-11(13-9-12(16)7-4-8-12)14-10-5-2-1-3-6-10/h1-3,5-6,16H,4,7-9H2,(H2,13,14,15). The summed E-state index contributed by atoms with van der Waals surface area (Å²) in [5.41, 5.74) is 0.0780. The molecule has 0 heterocycles. The minimum absolute atomic E-state index is 0.272. The van der Waals surface area contributed by atoms with Crippen LogP contribution < -0.4 is 10.6 Å². The number of benzene rings is 1. The Kier molecular flexibility index (Phi) is 3.10. The van der Waals surface area contributed by atoms with Crippen LogP contribution in [0.15, 0.2) is 30.3 Å². The van der Waals surface area contributed by atoms with Crippen LogP contribution in [-0.4, -0.2) is 23.3 Å². The van der Waals surface area contributed by atoms with Crippen molar-refractivity contribution in [2.45, 2.75) is 24.9 Å². The van der Waals surface area contributed by atoms with Gasteiger partial charge in [-0.1, -0.05) is 18.2 Å². The number of hydrogen-bond acceptors (Lipinski definition) is 2. The Morgan fingerprint density at radius 1 is 1.31 bits per heavy atom. The number of anilines is 1. The molecular formula is C12H16N2O2. The topological polar surface area (TPSA) is 61.4 Å². The molecular weight excluding hydrogens is 204 g/mol. The first-order valence-electron chi connectivity index (χ1n) is 5.50. The molecule has 1 aromatic rings. The molecule has 4 heteroatoms. The van der Waals surface area contributed by atoms with E-state index in [2.05, 4.69) is 10.6 Å². The van der Waals surface area contributed by atoms with Crippen molar-refractivity contribution in [3.63, 3.8) is 0 Å². The first kappa shape index (κ1) is 11.0. The van der Waals surface area contributed by atoms with Crippen LogP contribution in [0.2, 0.25) is 0 Å². The lowest BCUT2D eigenvalue weighted by Gasteiger charge is -2.36. The third-order valence-electron chi connectivity index (χ3n) is 2.89. The predicted molar refractivity (Wildman–Crippen MR) is 62.3 cm³/mol. The van der Waals surface area contributed by atoms with Gasteiger partial charge >= 0.3 is 6.03 Å². The lowest BCUT2D eigenvalue weighted by Crippen LogP contribution is -2.48. The summed E-state index contributed by atoms with van der Waals surface area (Å²) in [5, 5.41) is 15.2. The van der Waals surface area contributed by atoms with Crippen molar-refractivity contribution in [1.82, 2.24) is 5.32 Å². The molecule has 0 radical (unpaired) electrons. The number of carbonyl (C=O) groups excluding carboxylic acids is 1. The second-order valence-electron chi connectivity index (χ2n) is 4.25. The van der Waals surface area contributed by atoms with Gasteiger partial charge in [-0.05, 0) is 31.4 Å². The van der Waals surface area contributed by atoms with Gasteiger partial charge in [-0.25, -0.2) is 4.79 Å². The van der Waals surface area contributed by atoms with Crippen LogP contribution in [0.3, 0.4) is 0 Å². The Bertz CT molecular complexity index is 361. The Morgan fingerprint density at radius 3 is 2.56 bits per heavy atom. The fourth-order valence-corrected chi connectivity index (χ4v) is 1.70. The van der Waals surface area contributed by atoms with Crippen LogP contribution >= 0.6 is 0 Å². The van der Waals surface area contributed by atoms with E-state index >= 15 is 0 Å². The molecule has 2 amide bonds. The van der Waals surface area contributed by atoms with E-state index in [1.165, 1.54) is 0 Å². The Hall–Kier alpha value is -1.55. The lowest BCUT2D eigenvalue weighted by atomic mass is 9.80. The Labute approximate surface area is 94.7 Å². The normalized spacial score (nSPS) is 17.3. The highest BCUT2D eigenvalue weighted by Gasteiger charge is 2.34. The highest BCUT2D eigenvalue weighted by atomic mass is 16.3. The number of urea groups is 1. The summed E-state index contributed by atoms with van der Waals surface area (Å²) in [6, 6.07) is 8.96. The van der Waals surface area contributed by atoms with E-state index in [9.17, 15) is 9.90 Å². The third-order valence-corrected chi connectivity index (χ3v) is 2.89. The quantitative estimate of drug-likeness (QED) is 0.726. The molecule has 0 bridgehead atoms. The molecule has 16 heavy (non-hydrogen) atoms. The van der Waals surface area contributed by atoms with Gasteiger partial charge in [0, 0.05) is 12.2 Å². The second kappa shape index (κ2) is 4.53. The van der Waals surface area contributed by atoms with Crippen LogP contribution in [0.5, 0.6) is 0 Å². The summed E-state index contributed by atoms with van der Waals surface area (Å²) in [6.07, 6.45) is 2.59.